The van der Waals surface area contributed by atoms with Gasteiger partial charge in [0.05, 0.1) is 18.8 Å². The summed E-state index contributed by atoms with van der Waals surface area (Å²) in [5.41, 5.74) is 1.54. The van der Waals surface area contributed by atoms with Gasteiger partial charge in [-0.25, -0.2) is 0 Å². The van der Waals surface area contributed by atoms with E-state index in [2.05, 4.69) is 20.7 Å². The standard InChI is InChI=1S/C14H14N6O3/c1-9-16-18-20(17-9)11-4-2-10(3-5-11)15-12-8-13(22)19(6-7-21)14(12)23/h2-5,8,15,21H,6-7H2,1H3. The fourth-order valence-corrected chi connectivity index (χ4v) is 2.14. The van der Waals surface area contributed by atoms with Crippen LogP contribution in [0, 0.1) is 6.92 Å². The molecule has 118 valence electrons. The Bertz CT molecular complexity index is 780. The molecular weight excluding hydrogens is 300 g/mol. The van der Waals surface area contributed by atoms with Crippen LogP contribution in [0.5, 0.6) is 0 Å². The molecule has 23 heavy (non-hydrogen) atoms. The van der Waals surface area contributed by atoms with Gasteiger partial charge in [0.25, 0.3) is 11.8 Å². The third kappa shape index (κ3) is 2.94. The van der Waals surface area contributed by atoms with Crippen LogP contribution in [-0.2, 0) is 9.59 Å². The predicted molar refractivity (Wildman–Crippen MR) is 79.4 cm³/mol. The molecule has 1 aliphatic rings. The van der Waals surface area contributed by atoms with Gasteiger partial charge in [-0.05, 0) is 36.4 Å². The first-order chi connectivity index (χ1) is 11.1. The van der Waals surface area contributed by atoms with Crippen LogP contribution in [0.2, 0.25) is 0 Å². The summed E-state index contributed by atoms with van der Waals surface area (Å²) in [7, 11) is 0. The lowest BCUT2D eigenvalue weighted by molar-refractivity contribution is -0.137. The zero-order chi connectivity index (χ0) is 16.4. The van der Waals surface area contributed by atoms with Gasteiger partial charge in [0.1, 0.15) is 5.70 Å². The number of carbonyl (C=O) groups is 2. The number of nitrogens with zero attached hydrogens (tertiary/aromatic N) is 5. The molecule has 1 aliphatic heterocycles. The van der Waals surface area contributed by atoms with E-state index in [0.717, 1.165) is 10.6 Å². The van der Waals surface area contributed by atoms with E-state index in [0.29, 0.717) is 11.5 Å². The Morgan fingerprint density at radius 1 is 1.22 bits per heavy atom. The minimum absolute atomic E-state index is 0.0183. The number of benzene rings is 1. The van der Waals surface area contributed by atoms with Crippen LogP contribution in [0.1, 0.15) is 5.82 Å². The van der Waals surface area contributed by atoms with Crippen LogP contribution < -0.4 is 5.32 Å². The SMILES string of the molecule is Cc1nnn(-c2ccc(NC3=CC(=O)N(CCO)C3=O)cc2)n1. The summed E-state index contributed by atoms with van der Waals surface area (Å²) in [6.07, 6.45) is 1.22. The minimum atomic E-state index is -0.457. The van der Waals surface area contributed by atoms with Gasteiger partial charge in [0.15, 0.2) is 5.82 Å². The van der Waals surface area contributed by atoms with Crippen molar-refractivity contribution >= 4 is 17.5 Å². The molecule has 0 unspecified atom stereocenters. The van der Waals surface area contributed by atoms with Crippen molar-refractivity contribution in [1.29, 1.82) is 0 Å². The number of β-amino-alcohol motifs (C(OH)–C–C–N with tert-alkyl or cyclic N) is 1. The van der Waals surface area contributed by atoms with E-state index in [9.17, 15) is 9.59 Å². The molecule has 0 fully saturated rings. The van der Waals surface area contributed by atoms with Gasteiger partial charge in [0, 0.05) is 11.8 Å². The average Bonchev–Trinajstić information content (AvgIpc) is 3.08. The van der Waals surface area contributed by atoms with Crippen LogP contribution >= 0.6 is 0 Å². The molecule has 2 amide bonds. The molecule has 1 aromatic heterocycles. The molecule has 0 aliphatic carbocycles. The quantitative estimate of drug-likeness (QED) is 0.724. The normalized spacial score (nSPS) is 14.3. The predicted octanol–water partition coefficient (Wildman–Crippen LogP) is -0.372. The molecule has 9 nitrogen and oxygen atoms in total. The van der Waals surface area contributed by atoms with Crippen LogP contribution in [-0.4, -0.2) is 55.2 Å². The Kier molecular flexibility index (Phi) is 3.85. The van der Waals surface area contributed by atoms with E-state index in [1.54, 1.807) is 31.2 Å². The highest BCUT2D eigenvalue weighted by atomic mass is 16.3. The van der Waals surface area contributed by atoms with Crippen LogP contribution in [0.15, 0.2) is 36.0 Å². The topological polar surface area (TPSA) is 113 Å². The minimum Gasteiger partial charge on any atom is -0.395 e. The molecule has 0 radical (unpaired) electrons. The summed E-state index contributed by atoms with van der Waals surface area (Å²) in [4.78, 5) is 26.1. The van der Waals surface area contributed by atoms with Crippen molar-refractivity contribution in [3.8, 4) is 5.69 Å². The fraction of sp³-hybridized carbons (Fsp3) is 0.214. The Morgan fingerprint density at radius 3 is 2.57 bits per heavy atom. The van der Waals surface area contributed by atoms with Crippen molar-refractivity contribution in [2.75, 3.05) is 18.5 Å². The maximum Gasteiger partial charge on any atom is 0.277 e. The summed E-state index contributed by atoms with van der Waals surface area (Å²) in [6.45, 7) is 1.46. The van der Waals surface area contributed by atoms with Crippen LogP contribution in [0.4, 0.5) is 5.69 Å². The first kappa shape index (κ1) is 14.9. The number of aromatic nitrogens is 4. The monoisotopic (exact) mass is 314 g/mol. The Hall–Kier alpha value is -3.07. The second kappa shape index (κ2) is 5.97. The van der Waals surface area contributed by atoms with Crippen molar-refractivity contribution in [1.82, 2.24) is 25.1 Å². The average molecular weight is 314 g/mol. The van der Waals surface area contributed by atoms with Gasteiger partial charge in [-0.15, -0.1) is 15.0 Å². The molecule has 3 rings (SSSR count). The Balaban J connectivity index is 1.73. The third-order valence-corrected chi connectivity index (χ3v) is 3.22. The smallest absolute Gasteiger partial charge is 0.277 e. The number of hydrogen-bond donors (Lipinski definition) is 2. The van der Waals surface area contributed by atoms with Gasteiger partial charge in [-0.1, -0.05) is 0 Å². The zero-order valence-corrected chi connectivity index (χ0v) is 12.3. The number of aryl methyl sites for hydroxylation is 1. The second-order valence-electron chi connectivity index (χ2n) is 4.87. The summed E-state index contributed by atoms with van der Waals surface area (Å²) >= 11 is 0. The highest BCUT2D eigenvalue weighted by molar-refractivity contribution is 6.17. The number of anilines is 1. The molecule has 2 N–H and O–H groups in total. The molecule has 9 heteroatoms. The number of tetrazole rings is 1. The number of nitrogens with one attached hydrogen (secondary N) is 1. The Morgan fingerprint density at radius 2 is 1.96 bits per heavy atom. The molecule has 0 atom stereocenters. The number of imide groups is 1. The Labute approximate surface area is 131 Å². The third-order valence-electron chi connectivity index (χ3n) is 3.22. The number of aliphatic hydroxyl groups excluding tert-OH is 1. The molecule has 0 spiro atoms. The van der Waals surface area contributed by atoms with Crippen molar-refractivity contribution in [3.63, 3.8) is 0 Å². The van der Waals surface area contributed by atoms with Gasteiger partial charge in [-0.3, -0.25) is 14.5 Å². The first-order valence-electron chi connectivity index (χ1n) is 6.91. The van der Waals surface area contributed by atoms with Gasteiger partial charge in [-0.2, -0.15) is 0 Å². The van der Waals surface area contributed by atoms with Crippen molar-refractivity contribution in [3.05, 3.63) is 41.9 Å². The molecular formula is C14H14N6O3. The van der Waals surface area contributed by atoms with Crippen LogP contribution in [0.25, 0.3) is 5.69 Å². The number of carbonyl (C=O) groups excluding carboxylic acids is 2. The van der Waals surface area contributed by atoms with E-state index in [4.69, 9.17) is 5.11 Å². The molecule has 1 aromatic carbocycles. The van der Waals surface area contributed by atoms with E-state index >= 15 is 0 Å². The summed E-state index contributed by atoms with van der Waals surface area (Å²) in [6, 6.07) is 7.00. The number of aliphatic hydroxyl groups is 1. The van der Waals surface area contributed by atoms with E-state index in [1.807, 2.05) is 0 Å². The van der Waals surface area contributed by atoms with E-state index in [-0.39, 0.29) is 18.8 Å². The lowest BCUT2D eigenvalue weighted by Crippen LogP contribution is -2.34. The largest absolute Gasteiger partial charge is 0.395 e. The lowest BCUT2D eigenvalue weighted by atomic mass is 10.2. The molecule has 0 bridgehead atoms. The fourth-order valence-electron chi connectivity index (χ4n) is 2.14. The molecule has 2 aromatic rings. The van der Waals surface area contributed by atoms with Crippen molar-refractivity contribution in [2.45, 2.75) is 6.92 Å². The lowest BCUT2D eigenvalue weighted by Gasteiger charge is -2.13. The summed E-state index contributed by atoms with van der Waals surface area (Å²) in [5, 5.41) is 23.5. The van der Waals surface area contributed by atoms with Crippen molar-refractivity contribution in [2.24, 2.45) is 0 Å². The molecule has 0 saturated heterocycles. The highest BCUT2D eigenvalue weighted by Gasteiger charge is 2.30. The zero-order valence-electron chi connectivity index (χ0n) is 12.3. The van der Waals surface area contributed by atoms with E-state index < -0.39 is 11.8 Å². The maximum absolute atomic E-state index is 12.0. The first-order valence-corrected chi connectivity index (χ1v) is 6.91. The van der Waals surface area contributed by atoms with Crippen molar-refractivity contribution < 1.29 is 14.7 Å². The molecule has 0 saturated carbocycles. The van der Waals surface area contributed by atoms with Crippen LogP contribution in [0.3, 0.4) is 0 Å². The number of amides is 2. The van der Waals surface area contributed by atoms with Gasteiger partial charge < -0.3 is 10.4 Å². The summed E-state index contributed by atoms with van der Waals surface area (Å²) < 4.78 is 0. The number of hydrogen-bond acceptors (Lipinski definition) is 7. The van der Waals surface area contributed by atoms with E-state index in [1.165, 1.54) is 10.9 Å². The second-order valence-corrected chi connectivity index (χ2v) is 4.87. The summed E-state index contributed by atoms with van der Waals surface area (Å²) in [5.74, 6) is -0.330. The van der Waals surface area contributed by atoms with Gasteiger partial charge >= 0.3 is 0 Å². The maximum atomic E-state index is 12.0. The number of rotatable bonds is 5. The van der Waals surface area contributed by atoms with Gasteiger partial charge in [0.2, 0.25) is 0 Å². The highest BCUT2D eigenvalue weighted by Crippen LogP contribution is 2.18. The molecule has 2 heterocycles.